The summed E-state index contributed by atoms with van der Waals surface area (Å²) in [5.41, 5.74) is -1.27. The minimum absolute atomic E-state index is 0.0673. The van der Waals surface area contributed by atoms with Crippen molar-refractivity contribution in [1.29, 1.82) is 0 Å². The molecule has 78 valence electrons. The summed E-state index contributed by atoms with van der Waals surface area (Å²) < 4.78 is 41.7. The van der Waals surface area contributed by atoms with Gasteiger partial charge in [0.15, 0.2) is 0 Å². The number of methoxy groups -OCH3 is 1. The van der Waals surface area contributed by atoms with Gasteiger partial charge in [-0.05, 0) is 0 Å². The molecule has 0 bridgehead atoms. The highest BCUT2D eigenvalue weighted by molar-refractivity contribution is 5.38. The quantitative estimate of drug-likeness (QED) is 0.800. The van der Waals surface area contributed by atoms with Crippen molar-refractivity contribution in [2.24, 2.45) is 0 Å². The smallest absolute Gasteiger partial charge is 0.418 e. The summed E-state index contributed by atoms with van der Waals surface area (Å²) in [6, 6.07) is 0. The predicted molar refractivity (Wildman–Crippen MR) is 41.7 cm³/mol. The summed E-state index contributed by atoms with van der Waals surface area (Å²) in [7, 11) is 1.22. The Kier molecular flexibility index (Phi) is 2.95. The molecule has 1 heterocycles. The summed E-state index contributed by atoms with van der Waals surface area (Å²) in [5, 5.41) is 8.79. The summed E-state index contributed by atoms with van der Waals surface area (Å²) in [5.74, 6) is -0.0673. The number of ether oxygens (including phenoxy) is 1. The number of pyridine rings is 1. The van der Waals surface area contributed by atoms with E-state index in [4.69, 9.17) is 5.11 Å². The number of rotatable bonds is 2. The number of hydrogen-bond acceptors (Lipinski definition) is 3. The second-order valence-electron chi connectivity index (χ2n) is 2.52. The average Bonchev–Trinajstić information content (AvgIpc) is 2.15. The second kappa shape index (κ2) is 3.83. The monoisotopic (exact) mass is 207 g/mol. The lowest BCUT2D eigenvalue weighted by atomic mass is 10.1. The molecule has 0 atom stereocenters. The number of aliphatic hydroxyl groups is 1. The van der Waals surface area contributed by atoms with Gasteiger partial charge in [0.05, 0.1) is 25.5 Å². The maximum Gasteiger partial charge on any atom is 0.418 e. The van der Waals surface area contributed by atoms with Crippen molar-refractivity contribution < 1.29 is 23.0 Å². The van der Waals surface area contributed by atoms with Crippen LogP contribution in [0.5, 0.6) is 5.75 Å². The van der Waals surface area contributed by atoms with E-state index in [1.807, 2.05) is 0 Å². The Morgan fingerprint density at radius 3 is 2.50 bits per heavy atom. The van der Waals surface area contributed by atoms with Gasteiger partial charge < -0.3 is 9.84 Å². The Morgan fingerprint density at radius 2 is 2.07 bits per heavy atom. The van der Waals surface area contributed by atoms with Crippen molar-refractivity contribution in [2.45, 2.75) is 12.8 Å². The Labute approximate surface area is 78.2 Å². The van der Waals surface area contributed by atoms with Crippen molar-refractivity contribution in [2.75, 3.05) is 7.11 Å². The van der Waals surface area contributed by atoms with Gasteiger partial charge in [0.2, 0.25) is 0 Å². The Hall–Kier alpha value is -1.30. The fourth-order valence-corrected chi connectivity index (χ4v) is 1.05. The van der Waals surface area contributed by atoms with Crippen LogP contribution in [0, 0.1) is 0 Å². The fraction of sp³-hybridized carbons (Fsp3) is 0.375. The highest BCUT2D eigenvalue weighted by atomic mass is 19.4. The lowest BCUT2D eigenvalue weighted by Crippen LogP contribution is -2.11. The van der Waals surface area contributed by atoms with Crippen LogP contribution >= 0.6 is 0 Å². The molecule has 0 radical (unpaired) electrons. The van der Waals surface area contributed by atoms with Crippen molar-refractivity contribution in [1.82, 2.24) is 4.98 Å². The third kappa shape index (κ3) is 1.95. The molecule has 0 saturated heterocycles. The SMILES string of the molecule is COc1cncc(C(F)(F)F)c1CO. The maximum absolute atomic E-state index is 12.3. The van der Waals surface area contributed by atoms with Crippen LogP contribution in [0.4, 0.5) is 13.2 Å². The molecule has 0 saturated carbocycles. The van der Waals surface area contributed by atoms with Gasteiger partial charge in [0, 0.05) is 11.8 Å². The molecule has 1 aromatic rings. The molecule has 3 nitrogen and oxygen atoms in total. The molecule has 1 aromatic heterocycles. The van der Waals surface area contributed by atoms with Crippen LogP contribution < -0.4 is 4.74 Å². The third-order valence-corrected chi connectivity index (χ3v) is 1.70. The van der Waals surface area contributed by atoms with E-state index in [0.717, 1.165) is 6.20 Å². The molecule has 0 unspecified atom stereocenters. The zero-order valence-corrected chi connectivity index (χ0v) is 7.30. The van der Waals surface area contributed by atoms with Gasteiger partial charge in [0.25, 0.3) is 0 Å². The van der Waals surface area contributed by atoms with E-state index in [-0.39, 0.29) is 11.3 Å². The highest BCUT2D eigenvalue weighted by Gasteiger charge is 2.34. The zero-order valence-electron chi connectivity index (χ0n) is 7.30. The Morgan fingerprint density at radius 1 is 1.43 bits per heavy atom. The van der Waals surface area contributed by atoms with Gasteiger partial charge in [-0.3, -0.25) is 4.98 Å². The molecule has 14 heavy (non-hydrogen) atoms. The molecule has 0 aliphatic carbocycles. The van der Waals surface area contributed by atoms with Crippen molar-refractivity contribution in [3.05, 3.63) is 23.5 Å². The van der Waals surface area contributed by atoms with Gasteiger partial charge in [-0.25, -0.2) is 0 Å². The van der Waals surface area contributed by atoms with E-state index in [9.17, 15) is 13.2 Å². The molecule has 6 heteroatoms. The summed E-state index contributed by atoms with van der Waals surface area (Å²) >= 11 is 0. The normalized spacial score (nSPS) is 11.5. The van der Waals surface area contributed by atoms with Crippen molar-refractivity contribution in [3.63, 3.8) is 0 Å². The lowest BCUT2D eigenvalue weighted by Gasteiger charge is -2.13. The number of aliphatic hydroxyl groups excluding tert-OH is 1. The van der Waals surface area contributed by atoms with Crippen molar-refractivity contribution >= 4 is 0 Å². The van der Waals surface area contributed by atoms with E-state index in [1.54, 1.807) is 0 Å². The molecule has 0 aliphatic heterocycles. The van der Waals surface area contributed by atoms with Crippen LogP contribution in [0.1, 0.15) is 11.1 Å². The fourth-order valence-electron chi connectivity index (χ4n) is 1.05. The summed E-state index contributed by atoms with van der Waals surface area (Å²) in [6.45, 7) is -0.736. The van der Waals surface area contributed by atoms with Gasteiger partial charge in [0.1, 0.15) is 5.75 Å². The first-order valence-corrected chi connectivity index (χ1v) is 3.69. The van der Waals surface area contributed by atoms with Crippen molar-refractivity contribution in [3.8, 4) is 5.75 Å². The van der Waals surface area contributed by atoms with E-state index in [1.165, 1.54) is 7.11 Å². The second-order valence-corrected chi connectivity index (χ2v) is 2.52. The van der Waals surface area contributed by atoms with E-state index in [2.05, 4.69) is 9.72 Å². The lowest BCUT2D eigenvalue weighted by molar-refractivity contribution is -0.139. The number of nitrogens with zero attached hydrogens (tertiary/aromatic N) is 1. The standard InChI is InChI=1S/C8H8F3NO2/c1-14-7-3-12-2-6(5(7)4-13)8(9,10)11/h2-3,13H,4H2,1H3. The van der Waals surface area contributed by atoms with Crippen LogP contribution in [0.15, 0.2) is 12.4 Å². The molecular formula is C8H8F3NO2. The Balaban J connectivity index is 3.29. The predicted octanol–water partition coefficient (Wildman–Crippen LogP) is 1.60. The minimum Gasteiger partial charge on any atom is -0.495 e. The number of halogens is 3. The third-order valence-electron chi connectivity index (χ3n) is 1.70. The maximum atomic E-state index is 12.3. The minimum atomic E-state index is -4.53. The summed E-state index contributed by atoms with van der Waals surface area (Å²) in [6.07, 6.45) is -2.74. The summed E-state index contributed by atoms with van der Waals surface area (Å²) in [4.78, 5) is 3.37. The first-order valence-electron chi connectivity index (χ1n) is 3.69. The van der Waals surface area contributed by atoms with Crippen LogP contribution in [-0.4, -0.2) is 17.2 Å². The molecule has 1 N–H and O–H groups in total. The van der Waals surface area contributed by atoms with Gasteiger partial charge in [-0.15, -0.1) is 0 Å². The molecule has 0 aliphatic rings. The topological polar surface area (TPSA) is 42.4 Å². The Bertz CT molecular complexity index is 325. The molecule has 0 aromatic carbocycles. The average molecular weight is 207 g/mol. The van der Waals surface area contributed by atoms with E-state index < -0.39 is 18.3 Å². The largest absolute Gasteiger partial charge is 0.495 e. The first-order chi connectivity index (χ1) is 6.50. The zero-order chi connectivity index (χ0) is 10.8. The first kappa shape index (κ1) is 10.8. The van der Waals surface area contributed by atoms with Gasteiger partial charge in [-0.2, -0.15) is 13.2 Å². The van der Waals surface area contributed by atoms with Gasteiger partial charge in [-0.1, -0.05) is 0 Å². The van der Waals surface area contributed by atoms with Crippen LogP contribution in [0.3, 0.4) is 0 Å². The highest BCUT2D eigenvalue weighted by Crippen LogP contribution is 2.34. The van der Waals surface area contributed by atoms with Crippen LogP contribution in [-0.2, 0) is 12.8 Å². The number of hydrogen-bond donors (Lipinski definition) is 1. The molecule has 0 fully saturated rings. The molecular weight excluding hydrogens is 199 g/mol. The number of aromatic nitrogens is 1. The molecule has 0 spiro atoms. The van der Waals surface area contributed by atoms with Crippen LogP contribution in [0.2, 0.25) is 0 Å². The molecule has 1 rings (SSSR count). The number of alkyl halides is 3. The van der Waals surface area contributed by atoms with Gasteiger partial charge >= 0.3 is 6.18 Å². The molecule has 0 amide bonds. The van der Waals surface area contributed by atoms with Crippen LogP contribution in [0.25, 0.3) is 0 Å². The van der Waals surface area contributed by atoms with E-state index in [0.29, 0.717) is 6.20 Å². The van der Waals surface area contributed by atoms with E-state index >= 15 is 0 Å².